The number of primary amides is 1. The van der Waals surface area contributed by atoms with Crippen LogP contribution < -0.4 is 31.1 Å². The Balaban J connectivity index is 0.840. The van der Waals surface area contributed by atoms with Gasteiger partial charge >= 0.3 is 0 Å². The molecule has 4 saturated heterocycles. The summed E-state index contributed by atoms with van der Waals surface area (Å²) in [7, 11) is 0. The maximum Gasteiger partial charge on any atom is 0.273 e. The molecule has 4 N–H and O–H groups in total. The molecule has 8 rings (SSSR count). The van der Waals surface area contributed by atoms with Crippen LogP contribution in [0.25, 0.3) is 0 Å². The standard InChI is InChI=1S/C38H43F2N11O5/c39-26-18-23(42-34-32(33(41)53)45-46-38(44-34)50-10-2-1-3-11-50)4-5-28(26)48-12-8-22(9-13-48)21-47-14-16-49(17-15-47)30-20-25-24(19-27(30)40)36(55)51(37(25)56)29-6-7-31(52)43-35(29)54/h4-5,18-20,22,29H,1-3,6-17,21H2,(H2,41,53)(H,42,44,46)(H,43,52,54). The largest absolute Gasteiger partial charge is 0.369 e. The van der Waals surface area contributed by atoms with Gasteiger partial charge in [0.15, 0.2) is 11.5 Å². The van der Waals surface area contributed by atoms with Crippen LogP contribution in [-0.4, -0.2) is 119 Å². The molecule has 56 heavy (non-hydrogen) atoms. The van der Waals surface area contributed by atoms with E-state index in [0.717, 1.165) is 62.7 Å². The highest BCUT2D eigenvalue weighted by Gasteiger charge is 2.45. The third-order valence-electron chi connectivity index (χ3n) is 11.5. The van der Waals surface area contributed by atoms with Gasteiger partial charge in [-0.25, -0.2) is 8.78 Å². The molecule has 5 aliphatic heterocycles. The van der Waals surface area contributed by atoms with Crippen LogP contribution in [0.1, 0.15) is 76.2 Å². The van der Waals surface area contributed by atoms with E-state index in [9.17, 15) is 24.0 Å². The molecule has 294 valence electrons. The van der Waals surface area contributed by atoms with Crippen LogP contribution in [0, 0.1) is 17.6 Å². The van der Waals surface area contributed by atoms with E-state index in [1.165, 1.54) is 12.1 Å². The van der Waals surface area contributed by atoms with Gasteiger partial charge in [0, 0.05) is 71.0 Å². The van der Waals surface area contributed by atoms with E-state index >= 15 is 8.78 Å². The number of anilines is 5. The topological polar surface area (TPSA) is 190 Å². The average Bonchev–Trinajstić information content (AvgIpc) is 3.43. The van der Waals surface area contributed by atoms with Gasteiger partial charge in [-0.3, -0.25) is 39.1 Å². The summed E-state index contributed by atoms with van der Waals surface area (Å²) in [6.07, 6.45) is 4.92. The van der Waals surface area contributed by atoms with Crippen LogP contribution in [0.3, 0.4) is 0 Å². The summed E-state index contributed by atoms with van der Waals surface area (Å²) in [5.74, 6) is -3.47. The quantitative estimate of drug-likeness (QED) is 0.269. The molecule has 5 aliphatic rings. The Hall–Kier alpha value is -5.78. The van der Waals surface area contributed by atoms with Crippen molar-refractivity contribution in [2.24, 2.45) is 11.7 Å². The number of halogens is 2. The average molecular weight is 772 g/mol. The molecule has 18 heteroatoms. The molecule has 1 aromatic heterocycles. The van der Waals surface area contributed by atoms with Crippen molar-refractivity contribution in [2.45, 2.75) is 51.0 Å². The van der Waals surface area contributed by atoms with E-state index in [0.29, 0.717) is 62.5 Å². The molecule has 4 fully saturated rings. The molecule has 0 spiro atoms. The molecule has 0 bridgehead atoms. The second-order valence-electron chi connectivity index (χ2n) is 15.0. The first-order valence-corrected chi connectivity index (χ1v) is 19.2. The third kappa shape index (κ3) is 7.32. The Labute approximate surface area is 321 Å². The summed E-state index contributed by atoms with van der Waals surface area (Å²) in [5, 5.41) is 13.3. The number of piperazine rings is 1. The summed E-state index contributed by atoms with van der Waals surface area (Å²) >= 11 is 0. The van der Waals surface area contributed by atoms with Gasteiger partial charge in [0.05, 0.1) is 22.5 Å². The zero-order valence-electron chi connectivity index (χ0n) is 30.8. The fourth-order valence-corrected chi connectivity index (χ4v) is 8.39. The van der Waals surface area contributed by atoms with Gasteiger partial charge in [0.25, 0.3) is 17.7 Å². The Morgan fingerprint density at radius 2 is 1.46 bits per heavy atom. The number of benzene rings is 2. The van der Waals surface area contributed by atoms with E-state index in [-0.39, 0.29) is 41.2 Å². The molecular weight excluding hydrogens is 728 g/mol. The highest BCUT2D eigenvalue weighted by molar-refractivity contribution is 6.23. The van der Waals surface area contributed by atoms with Crippen molar-refractivity contribution < 1.29 is 32.8 Å². The van der Waals surface area contributed by atoms with E-state index in [2.05, 4.69) is 30.7 Å². The summed E-state index contributed by atoms with van der Waals surface area (Å²) in [4.78, 5) is 76.1. The van der Waals surface area contributed by atoms with Crippen molar-refractivity contribution in [3.63, 3.8) is 0 Å². The summed E-state index contributed by atoms with van der Waals surface area (Å²) in [5.41, 5.74) is 6.51. The number of amides is 5. The van der Waals surface area contributed by atoms with Gasteiger partial charge in [-0.15, -0.1) is 10.2 Å². The predicted molar refractivity (Wildman–Crippen MR) is 201 cm³/mol. The number of aromatic nitrogens is 3. The number of fused-ring (bicyclic) bond motifs is 1. The number of piperidine rings is 3. The lowest BCUT2D eigenvalue weighted by molar-refractivity contribution is -0.136. The van der Waals surface area contributed by atoms with Crippen molar-refractivity contribution >= 4 is 58.4 Å². The van der Waals surface area contributed by atoms with Crippen LogP contribution in [0.2, 0.25) is 0 Å². The number of nitrogens with zero attached hydrogens (tertiary/aromatic N) is 8. The first kappa shape index (κ1) is 37.2. The maximum absolute atomic E-state index is 15.6. The lowest BCUT2D eigenvalue weighted by Gasteiger charge is -2.40. The molecular formula is C38H43F2N11O5. The number of hydrogen-bond donors (Lipinski definition) is 3. The monoisotopic (exact) mass is 771 g/mol. The normalized spacial score (nSPS) is 21.1. The van der Waals surface area contributed by atoms with E-state index < -0.39 is 47.2 Å². The van der Waals surface area contributed by atoms with Crippen molar-refractivity contribution in [1.82, 2.24) is 30.3 Å². The minimum Gasteiger partial charge on any atom is -0.369 e. The second-order valence-corrected chi connectivity index (χ2v) is 15.0. The van der Waals surface area contributed by atoms with Crippen molar-refractivity contribution in [3.05, 3.63) is 58.8 Å². The zero-order valence-corrected chi connectivity index (χ0v) is 30.8. The summed E-state index contributed by atoms with van der Waals surface area (Å²) < 4.78 is 31.0. The molecule has 6 heterocycles. The predicted octanol–water partition coefficient (Wildman–Crippen LogP) is 2.42. The van der Waals surface area contributed by atoms with Crippen molar-refractivity contribution in [3.8, 4) is 0 Å². The van der Waals surface area contributed by atoms with Gasteiger partial charge in [-0.05, 0) is 74.8 Å². The first-order valence-electron chi connectivity index (χ1n) is 19.2. The Morgan fingerprint density at radius 3 is 2.14 bits per heavy atom. The number of rotatable bonds is 9. The zero-order chi connectivity index (χ0) is 39.1. The highest BCUT2D eigenvalue weighted by Crippen LogP contribution is 2.34. The molecule has 0 aliphatic carbocycles. The number of carbonyl (C=O) groups is 5. The lowest BCUT2D eigenvalue weighted by atomic mass is 9.95. The van der Waals surface area contributed by atoms with Crippen LogP contribution in [0.15, 0.2) is 30.3 Å². The van der Waals surface area contributed by atoms with E-state index in [1.807, 2.05) is 14.7 Å². The molecule has 3 aromatic rings. The Kier molecular flexibility index (Phi) is 10.2. The van der Waals surface area contributed by atoms with Gasteiger partial charge in [0.1, 0.15) is 17.7 Å². The molecule has 1 unspecified atom stereocenters. The summed E-state index contributed by atoms with van der Waals surface area (Å²) in [6.45, 7) is 6.17. The second kappa shape index (κ2) is 15.4. The highest BCUT2D eigenvalue weighted by atomic mass is 19.1. The Bertz CT molecular complexity index is 2080. The number of carbonyl (C=O) groups excluding carboxylic acids is 5. The molecule has 0 saturated carbocycles. The number of imide groups is 2. The number of hydrogen-bond acceptors (Lipinski definition) is 13. The van der Waals surface area contributed by atoms with Crippen LogP contribution in [0.4, 0.5) is 37.6 Å². The van der Waals surface area contributed by atoms with Crippen LogP contribution >= 0.6 is 0 Å². The van der Waals surface area contributed by atoms with Gasteiger partial charge in [0.2, 0.25) is 17.8 Å². The molecule has 5 amide bonds. The lowest BCUT2D eigenvalue weighted by Crippen LogP contribution is -2.54. The van der Waals surface area contributed by atoms with Crippen molar-refractivity contribution in [1.29, 1.82) is 0 Å². The Morgan fingerprint density at radius 1 is 0.786 bits per heavy atom. The maximum atomic E-state index is 15.6. The third-order valence-corrected chi connectivity index (χ3v) is 11.5. The SMILES string of the molecule is NC(=O)c1nnc(N2CCCCC2)nc1Nc1ccc(N2CCC(CN3CCN(c4cc5c(cc4F)C(=O)N(C4CCC(=O)NC4=O)C5=O)CC3)CC2)c(F)c1. The van der Waals surface area contributed by atoms with Gasteiger partial charge in [-0.2, -0.15) is 4.98 Å². The van der Waals surface area contributed by atoms with E-state index in [4.69, 9.17) is 5.73 Å². The number of nitrogens with one attached hydrogen (secondary N) is 2. The molecule has 0 radical (unpaired) electrons. The minimum atomic E-state index is -1.12. The van der Waals surface area contributed by atoms with Crippen molar-refractivity contribution in [2.75, 3.05) is 78.9 Å². The van der Waals surface area contributed by atoms with E-state index in [1.54, 1.807) is 12.1 Å². The summed E-state index contributed by atoms with van der Waals surface area (Å²) in [6, 6.07) is 6.20. The van der Waals surface area contributed by atoms with Gasteiger partial charge < -0.3 is 25.8 Å². The van der Waals surface area contributed by atoms with Crippen LogP contribution in [0.5, 0.6) is 0 Å². The number of nitrogens with two attached hydrogens (primary N) is 1. The fourth-order valence-electron chi connectivity index (χ4n) is 8.39. The smallest absolute Gasteiger partial charge is 0.273 e. The first-order chi connectivity index (χ1) is 27.0. The molecule has 16 nitrogen and oxygen atoms in total. The molecule has 1 atom stereocenters. The van der Waals surface area contributed by atoms with Gasteiger partial charge in [-0.1, -0.05) is 0 Å². The minimum absolute atomic E-state index is 0.00394. The van der Waals surface area contributed by atoms with Crippen LogP contribution in [-0.2, 0) is 9.59 Å². The fraction of sp³-hybridized carbons (Fsp3) is 0.474. The molecule has 2 aromatic carbocycles.